The molecule has 2 aromatic heterocycles. The minimum atomic E-state index is -0.405. The first kappa shape index (κ1) is 15.9. The molecule has 0 aliphatic carbocycles. The molecule has 1 N–H and O–H groups in total. The summed E-state index contributed by atoms with van der Waals surface area (Å²) in [4.78, 5) is 18.8. The van der Waals surface area contributed by atoms with Gasteiger partial charge in [0.25, 0.3) is 0 Å². The van der Waals surface area contributed by atoms with Gasteiger partial charge < -0.3 is 14.1 Å². The second kappa shape index (κ2) is 6.37. The van der Waals surface area contributed by atoms with Gasteiger partial charge in [-0.2, -0.15) is 0 Å². The Kier molecular flexibility index (Phi) is 4.05. The Morgan fingerprint density at radius 3 is 3.00 bits per heavy atom. The second-order valence-corrected chi connectivity index (χ2v) is 6.43. The van der Waals surface area contributed by atoms with Crippen molar-refractivity contribution in [2.45, 2.75) is 38.9 Å². The number of rotatable bonds is 4. The zero-order chi connectivity index (χ0) is 17.4. The van der Waals surface area contributed by atoms with Crippen LogP contribution in [0.5, 0.6) is 5.75 Å². The summed E-state index contributed by atoms with van der Waals surface area (Å²) in [5.74, 6) is 1.28. The number of likely N-dealkylation sites (tertiary alicyclic amines) is 1. The van der Waals surface area contributed by atoms with E-state index in [9.17, 15) is 9.90 Å². The number of hydrogen-bond acceptors (Lipinski definition) is 5. The van der Waals surface area contributed by atoms with E-state index in [0.29, 0.717) is 12.3 Å². The van der Waals surface area contributed by atoms with E-state index in [1.807, 2.05) is 18.2 Å². The van der Waals surface area contributed by atoms with Crippen molar-refractivity contribution < 1.29 is 9.52 Å². The Bertz CT molecular complexity index is 960. The third-order valence-corrected chi connectivity index (χ3v) is 4.89. The first-order chi connectivity index (χ1) is 12.2. The Morgan fingerprint density at radius 2 is 2.20 bits per heavy atom. The summed E-state index contributed by atoms with van der Waals surface area (Å²) in [6, 6.07) is 9.77. The van der Waals surface area contributed by atoms with Crippen LogP contribution in [0.25, 0.3) is 11.0 Å². The maximum absolute atomic E-state index is 11.6. The molecule has 3 heterocycles. The number of aromatic hydroxyl groups is 1. The highest BCUT2D eigenvalue weighted by Crippen LogP contribution is 2.34. The maximum Gasteiger partial charge on any atom is 0.226 e. The van der Waals surface area contributed by atoms with E-state index in [-0.39, 0.29) is 11.8 Å². The second-order valence-electron chi connectivity index (χ2n) is 6.43. The van der Waals surface area contributed by atoms with E-state index in [1.54, 1.807) is 0 Å². The average molecular weight is 339 g/mol. The molecule has 0 unspecified atom stereocenters. The topological polar surface area (TPSA) is 71.5 Å². The van der Waals surface area contributed by atoms with Crippen molar-refractivity contribution in [1.82, 2.24) is 14.5 Å². The summed E-state index contributed by atoms with van der Waals surface area (Å²) in [6.45, 7) is 4.47. The highest BCUT2D eigenvalue weighted by Gasteiger charge is 2.30. The number of para-hydroxylation sites is 2. The molecule has 25 heavy (non-hydrogen) atoms. The summed E-state index contributed by atoms with van der Waals surface area (Å²) in [5.41, 5.74) is 1.77. The number of aryl methyl sites for hydroxylation is 1. The smallest absolute Gasteiger partial charge is 0.226 e. The molecule has 1 saturated heterocycles. The number of hydrogen-bond donors (Lipinski definition) is 1. The molecule has 130 valence electrons. The molecule has 1 aliphatic heterocycles. The lowest BCUT2D eigenvalue weighted by molar-refractivity contribution is 0.214. The predicted octanol–water partition coefficient (Wildman–Crippen LogP) is 3.05. The lowest BCUT2D eigenvalue weighted by atomic mass is 10.2. The minimum Gasteiger partial charge on any atom is -0.502 e. The summed E-state index contributed by atoms with van der Waals surface area (Å²) in [6.07, 6.45) is 3.23. The Morgan fingerprint density at radius 1 is 1.36 bits per heavy atom. The molecule has 1 aromatic carbocycles. The zero-order valence-electron chi connectivity index (χ0n) is 14.2. The van der Waals surface area contributed by atoms with Crippen molar-refractivity contribution in [2.75, 3.05) is 6.54 Å². The van der Waals surface area contributed by atoms with Gasteiger partial charge in [-0.1, -0.05) is 12.1 Å². The number of aromatic nitrogens is 2. The number of imidazole rings is 1. The third kappa shape index (κ3) is 2.82. The van der Waals surface area contributed by atoms with Crippen LogP contribution >= 0.6 is 0 Å². The molecular weight excluding hydrogens is 318 g/mol. The van der Waals surface area contributed by atoms with Gasteiger partial charge in [0, 0.05) is 12.6 Å². The van der Waals surface area contributed by atoms with Gasteiger partial charge in [-0.25, -0.2) is 4.98 Å². The highest BCUT2D eigenvalue weighted by atomic mass is 16.4. The van der Waals surface area contributed by atoms with Crippen molar-refractivity contribution in [2.24, 2.45) is 0 Å². The van der Waals surface area contributed by atoms with Gasteiger partial charge in [-0.3, -0.25) is 9.69 Å². The van der Waals surface area contributed by atoms with E-state index in [0.717, 1.165) is 49.1 Å². The maximum atomic E-state index is 11.6. The van der Waals surface area contributed by atoms with Crippen molar-refractivity contribution in [1.29, 1.82) is 0 Å². The molecule has 0 spiro atoms. The van der Waals surface area contributed by atoms with Crippen molar-refractivity contribution in [3.63, 3.8) is 0 Å². The van der Waals surface area contributed by atoms with Gasteiger partial charge >= 0.3 is 0 Å². The van der Waals surface area contributed by atoms with Gasteiger partial charge in [0.15, 0.2) is 5.75 Å². The summed E-state index contributed by atoms with van der Waals surface area (Å²) in [5, 5.41) is 9.35. The Hall–Kier alpha value is -2.60. The Balaban J connectivity index is 1.67. The minimum absolute atomic E-state index is 0.200. The van der Waals surface area contributed by atoms with Gasteiger partial charge in [0.1, 0.15) is 17.8 Å². The van der Waals surface area contributed by atoms with Gasteiger partial charge in [0.05, 0.1) is 23.6 Å². The molecule has 0 radical (unpaired) electrons. The van der Waals surface area contributed by atoms with Crippen LogP contribution in [-0.4, -0.2) is 26.1 Å². The lowest BCUT2D eigenvalue weighted by Gasteiger charge is -2.24. The largest absolute Gasteiger partial charge is 0.502 e. The molecule has 4 rings (SSSR count). The van der Waals surface area contributed by atoms with E-state index in [2.05, 4.69) is 22.5 Å². The molecule has 0 amide bonds. The molecule has 3 aromatic rings. The quantitative estimate of drug-likeness (QED) is 0.791. The first-order valence-corrected chi connectivity index (χ1v) is 8.67. The third-order valence-electron chi connectivity index (χ3n) is 4.89. The van der Waals surface area contributed by atoms with E-state index < -0.39 is 5.43 Å². The van der Waals surface area contributed by atoms with Crippen LogP contribution < -0.4 is 5.43 Å². The summed E-state index contributed by atoms with van der Waals surface area (Å²) >= 11 is 0. The van der Waals surface area contributed by atoms with Crippen LogP contribution in [0.2, 0.25) is 0 Å². The fraction of sp³-hybridized carbons (Fsp3) is 0.368. The van der Waals surface area contributed by atoms with E-state index in [4.69, 9.17) is 9.40 Å². The molecule has 1 atom stereocenters. The molecule has 6 heteroatoms. The number of nitrogens with zero attached hydrogens (tertiary/aromatic N) is 3. The van der Waals surface area contributed by atoms with Crippen LogP contribution in [0.3, 0.4) is 0 Å². The standard InChI is InChI=1S/C19H21N3O3/c1-2-22-15-7-4-3-6-14(15)20-19(22)16-8-5-9-21(16)11-13-10-17(23)18(24)12-25-13/h3-4,6-7,10,12,16,24H,2,5,8-9,11H2,1H3/t16-/m0/s1. The molecular formula is C19H21N3O3. The van der Waals surface area contributed by atoms with Crippen LogP contribution in [0.15, 0.2) is 45.8 Å². The molecule has 0 bridgehead atoms. The van der Waals surface area contributed by atoms with E-state index >= 15 is 0 Å². The summed E-state index contributed by atoms with van der Waals surface area (Å²) in [7, 11) is 0. The average Bonchev–Trinajstić information content (AvgIpc) is 3.21. The summed E-state index contributed by atoms with van der Waals surface area (Å²) < 4.78 is 7.65. The molecule has 1 aliphatic rings. The fourth-order valence-corrected chi connectivity index (χ4v) is 3.72. The van der Waals surface area contributed by atoms with Crippen molar-refractivity contribution in [3.05, 3.63) is 58.4 Å². The first-order valence-electron chi connectivity index (χ1n) is 8.67. The lowest BCUT2D eigenvalue weighted by Crippen LogP contribution is -2.25. The molecule has 6 nitrogen and oxygen atoms in total. The van der Waals surface area contributed by atoms with Gasteiger partial charge in [-0.05, 0) is 38.4 Å². The monoisotopic (exact) mass is 339 g/mol. The van der Waals surface area contributed by atoms with Crippen molar-refractivity contribution >= 4 is 11.0 Å². The van der Waals surface area contributed by atoms with Crippen molar-refractivity contribution in [3.8, 4) is 5.75 Å². The molecule has 0 saturated carbocycles. The predicted molar refractivity (Wildman–Crippen MR) is 94.4 cm³/mol. The van der Waals surface area contributed by atoms with Gasteiger partial charge in [0.2, 0.25) is 5.43 Å². The van der Waals surface area contributed by atoms with E-state index in [1.165, 1.54) is 6.07 Å². The van der Waals surface area contributed by atoms with Gasteiger partial charge in [-0.15, -0.1) is 0 Å². The number of benzene rings is 1. The van der Waals surface area contributed by atoms with Crippen LogP contribution in [0.4, 0.5) is 0 Å². The fourth-order valence-electron chi connectivity index (χ4n) is 3.72. The SMILES string of the molecule is CCn1c([C@@H]2CCCN2Cc2cc(=O)c(O)co2)nc2ccccc21. The normalized spacial score (nSPS) is 18.2. The Labute approximate surface area is 145 Å². The number of fused-ring (bicyclic) bond motifs is 1. The van der Waals surface area contributed by atoms with Crippen LogP contribution in [0.1, 0.15) is 37.4 Å². The highest BCUT2D eigenvalue weighted by molar-refractivity contribution is 5.76. The zero-order valence-corrected chi connectivity index (χ0v) is 14.2. The van der Waals surface area contributed by atoms with Crippen LogP contribution in [0, 0.1) is 0 Å². The molecule has 1 fully saturated rings. The van der Waals surface area contributed by atoms with Crippen LogP contribution in [-0.2, 0) is 13.1 Å².